The van der Waals surface area contributed by atoms with Gasteiger partial charge < -0.3 is 0 Å². The molecule has 13 heavy (non-hydrogen) atoms. The van der Waals surface area contributed by atoms with Crippen LogP contribution < -0.4 is 0 Å². The first-order chi connectivity index (χ1) is 6.36. The summed E-state index contributed by atoms with van der Waals surface area (Å²) in [6.07, 6.45) is 2.95. The van der Waals surface area contributed by atoms with Gasteiger partial charge >= 0.3 is 0 Å². The van der Waals surface area contributed by atoms with E-state index >= 15 is 0 Å². The molecule has 1 heteroatoms. The number of ketones is 1. The lowest BCUT2D eigenvalue weighted by atomic mass is 9.86. The van der Waals surface area contributed by atoms with Crippen LogP contribution in [0.15, 0.2) is 24.3 Å². The first-order valence-electron chi connectivity index (χ1n) is 4.98. The van der Waals surface area contributed by atoms with Crippen molar-refractivity contribution in [1.82, 2.24) is 0 Å². The molecule has 0 saturated heterocycles. The number of hydrogen-bond donors (Lipinski definition) is 0. The summed E-state index contributed by atoms with van der Waals surface area (Å²) in [5.41, 5.74) is 2.76. The molecule has 2 bridgehead atoms. The van der Waals surface area contributed by atoms with E-state index in [2.05, 4.69) is 18.2 Å². The second kappa shape index (κ2) is 2.44. The molecule has 1 nitrogen and oxygen atoms in total. The fraction of sp³-hybridized carbons (Fsp3) is 0.417. The third-order valence-electron chi connectivity index (χ3n) is 3.46. The lowest BCUT2D eigenvalue weighted by Gasteiger charge is -2.17. The molecule has 1 aromatic carbocycles. The fourth-order valence-electron chi connectivity index (χ4n) is 2.81. The van der Waals surface area contributed by atoms with Gasteiger partial charge in [-0.2, -0.15) is 0 Å². The van der Waals surface area contributed by atoms with Crippen LogP contribution in [0.2, 0.25) is 0 Å². The Morgan fingerprint density at radius 3 is 2.77 bits per heavy atom. The van der Waals surface area contributed by atoms with Crippen molar-refractivity contribution in [2.24, 2.45) is 0 Å². The number of carbonyl (C=O) groups is 1. The van der Waals surface area contributed by atoms with Gasteiger partial charge in [-0.05, 0) is 29.9 Å². The molecule has 0 N–H and O–H groups in total. The highest BCUT2D eigenvalue weighted by Gasteiger charge is 2.38. The van der Waals surface area contributed by atoms with Gasteiger partial charge in [-0.1, -0.05) is 24.3 Å². The van der Waals surface area contributed by atoms with Crippen LogP contribution in [0.4, 0.5) is 0 Å². The molecule has 3 rings (SSSR count). The number of fused-ring (bicyclic) bond motifs is 5. The molecule has 0 spiro atoms. The van der Waals surface area contributed by atoms with Crippen molar-refractivity contribution in [1.29, 1.82) is 0 Å². The number of benzene rings is 1. The monoisotopic (exact) mass is 172 g/mol. The molecule has 2 aliphatic rings. The van der Waals surface area contributed by atoms with Crippen molar-refractivity contribution in [3.63, 3.8) is 0 Å². The summed E-state index contributed by atoms with van der Waals surface area (Å²) in [5, 5.41) is 0. The standard InChI is InChI=1S/C12H12O/c13-12-6-5-8-7-11(12)10-4-2-1-3-9(8)10/h1-4,8,11H,5-7H2. The van der Waals surface area contributed by atoms with Crippen LogP contribution in [0, 0.1) is 0 Å². The van der Waals surface area contributed by atoms with Crippen LogP contribution in [0.25, 0.3) is 0 Å². The molecule has 0 aliphatic heterocycles. The number of rotatable bonds is 0. The average molecular weight is 172 g/mol. The third kappa shape index (κ3) is 0.902. The van der Waals surface area contributed by atoms with Crippen molar-refractivity contribution in [3.8, 4) is 0 Å². The van der Waals surface area contributed by atoms with Crippen molar-refractivity contribution in [2.75, 3.05) is 0 Å². The summed E-state index contributed by atoms with van der Waals surface area (Å²) in [6.45, 7) is 0. The molecule has 0 heterocycles. The lowest BCUT2D eigenvalue weighted by molar-refractivity contribution is -0.121. The average Bonchev–Trinajstić information content (AvgIpc) is 2.48. The van der Waals surface area contributed by atoms with E-state index in [0.29, 0.717) is 11.7 Å². The SMILES string of the molecule is O=C1CCC2CC1c1ccccc12. The van der Waals surface area contributed by atoms with Crippen molar-refractivity contribution in [2.45, 2.75) is 31.1 Å². The van der Waals surface area contributed by atoms with Gasteiger partial charge in [0.15, 0.2) is 0 Å². The Hall–Kier alpha value is -1.11. The van der Waals surface area contributed by atoms with E-state index in [4.69, 9.17) is 0 Å². The maximum absolute atomic E-state index is 11.6. The summed E-state index contributed by atoms with van der Waals surface area (Å²) in [6, 6.07) is 8.46. The lowest BCUT2D eigenvalue weighted by Crippen LogP contribution is -2.14. The van der Waals surface area contributed by atoms with E-state index in [9.17, 15) is 4.79 Å². The van der Waals surface area contributed by atoms with Crippen LogP contribution in [-0.2, 0) is 4.79 Å². The first kappa shape index (κ1) is 7.31. The Balaban J connectivity index is 2.18. The van der Waals surface area contributed by atoms with Crippen molar-refractivity contribution < 1.29 is 4.79 Å². The molecule has 2 aliphatic carbocycles. The maximum Gasteiger partial charge on any atom is 0.140 e. The molecule has 1 fully saturated rings. The van der Waals surface area contributed by atoms with Gasteiger partial charge in [-0.25, -0.2) is 0 Å². The molecule has 0 aromatic heterocycles. The summed E-state index contributed by atoms with van der Waals surface area (Å²) in [5.74, 6) is 1.38. The molecule has 2 unspecified atom stereocenters. The first-order valence-corrected chi connectivity index (χ1v) is 4.98. The van der Waals surface area contributed by atoms with Gasteiger partial charge in [0.25, 0.3) is 0 Å². The highest BCUT2D eigenvalue weighted by Crippen LogP contribution is 2.48. The minimum absolute atomic E-state index is 0.245. The van der Waals surface area contributed by atoms with E-state index < -0.39 is 0 Å². The van der Waals surface area contributed by atoms with Gasteiger partial charge in [-0.3, -0.25) is 4.79 Å². The predicted octanol–water partition coefficient (Wildman–Crippen LogP) is 2.62. The van der Waals surface area contributed by atoms with Crippen molar-refractivity contribution >= 4 is 5.78 Å². The second-order valence-corrected chi connectivity index (χ2v) is 4.12. The van der Waals surface area contributed by atoms with Gasteiger partial charge in [-0.15, -0.1) is 0 Å². The highest BCUT2D eigenvalue weighted by molar-refractivity contribution is 5.88. The van der Waals surface area contributed by atoms with Crippen LogP contribution >= 0.6 is 0 Å². The zero-order chi connectivity index (χ0) is 8.84. The van der Waals surface area contributed by atoms with Gasteiger partial charge in [0.2, 0.25) is 0 Å². The van der Waals surface area contributed by atoms with Crippen LogP contribution in [-0.4, -0.2) is 5.78 Å². The summed E-state index contributed by atoms with van der Waals surface area (Å²) < 4.78 is 0. The summed E-state index contributed by atoms with van der Waals surface area (Å²) in [4.78, 5) is 11.6. The van der Waals surface area contributed by atoms with E-state index in [1.165, 1.54) is 11.1 Å². The Labute approximate surface area is 77.8 Å². The van der Waals surface area contributed by atoms with Gasteiger partial charge in [0.1, 0.15) is 5.78 Å². The van der Waals surface area contributed by atoms with Crippen LogP contribution in [0.3, 0.4) is 0 Å². The number of hydrogen-bond acceptors (Lipinski definition) is 1. The largest absolute Gasteiger partial charge is 0.299 e. The molecule has 2 atom stereocenters. The Bertz CT molecular complexity index is 367. The van der Waals surface area contributed by atoms with Crippen LogP contribution in [0.5, 0.6) is 0 Å². The summed E-state index contributed by atoms with van der Waals surface area (Å²) in [7, 11) is 0. The molecular formula is C12H12O. The zero-order valence-corrected chi connectivity index (χ0v) is 7.49. The minimum Gasteiger partial charge on any atom is -0.299 e. The summed E-state index contributed by atoms with van der Waals surface area (Å²) >= 11 is 0. The van der Waals surface area contributed by atoms with Gasteiger partial charge in [0, 0.05) is 12.3 Å². The molecule has 66 valence electrons. The van der Waals surface area contributed by atoms with Gasteiger partial charge in [0.05, 0.1) is 0 Å². The van der Waals surface area contributed by atoms with E-state index in [-0.39, 0.29) is 5.92 Å². The molecule has 0 radical (unpaired) electrons. The molecular weight excluding hydrogens is 160 g/mol. The Morgan fingerprint density at radius 1 is 1.15 bits per heavy atom. The van der Waals surface area contributed by atoms with Crippen molar-refractivity contribution in [3.05, 3.63) is 35.4 Å². The second-order valence-electron chi connectivity index (χ2n) is 4.12. The molecule has 0 amide bonds. The normalized spacial score (nSPS) is 30.3. The van der Waals surface area contributed by atoms with E-state index in [0.717, 1.165) is 19.3 Å². The van der Waals surface area contributed by atoms with Crippen LogP contribution in [0.1, 0.15) is 42.2 Å². The third-order valence-corrected chi connectivity index (χ3v) is 3.46. The smallest absolute Gasteiger partial charge is 0.140 e. The number of Topliss-reactive ketones (excluding diaryl/α,β-unsaturated/α-hetero) is 1. The highest BCUT2D eigenvalue weighted by atomic mass is 16.1. The molecule has 1 aromatic rings. The van der Waals surface area contributed by atoms with E-state index in [1.54, 1.807) is 0 Å². The predicted molar refractivity (Wildman–Crippen MR) is 50.8 cm³/mol. The number of carbonyl (C=O) groups excluding carboxylic acids is 1. The quantitative estimate of drug-likeness (QED) is 0.588. The van der Waals surface area contributed by atoms with E-state index in [1.807, 2.05) is 6.07 Å². The Morgan fingerprint density at radius 2 is 1.92 bits per heavy atom. The topological polar surface area (TPSA) is 17.1 Å². The maximum atomic E-state index is 11.6. The fourth-order valence-corrected chi connectivity index (χ4v) is 2.81. The minimum atomic E-state index is 0.245. The molecule has 1 saturated carbocycles. The zero-order valence-electron chi connectivity index (χ0n) is 7.49. The Kier molecular flexibility index (Phi) is 1.37.